The first-order valence-electron chi connectivity index (χ1n) is 5.90. The number of hydrogen-bond acceptors (Lipinski definition) is 6. The third kappa shape index (κ3) is 3.76. The number of nitrogens with zero attached hydrogens (tertiary/aromatic N) is 2. The molecule has 2 rings (SSSR count). The van der Waals surface area contributed by atoms with E-state index in [1.54, 1.807) is 6.20 Å². The zero-order chi connectivity index (χ0) is 15.6. The van der Waals surface area contributed by atoms with Gasteiger partial charge in [0.2, 0.25) is 0 Å². The van der Waals surface area contributed by atoms with Gasteiger partial charge in [-0.1, -0.05) is 6.08 Å². The summed E-state index contributed by atoms with van der Waals surface area (Å²) in [7, 11) is -3.23. The number of thiazole rings is 1. The second kappa shape index (κ2) is 5.78. The number of nitrogens with one attached hydrogen (secondary N) is 1. The molecule has 2 aromatic rings. The van der Waals surface area contributed by atoms with Crippen LogP contribution in [0.5, 0.6) is 0 Å². The van der Waals surface area contributed by atoms with E-state index in [9.17, 15) is 18.0 Å². The maximum atomic E-state index is 12.1. The van der Waals surface area contributed by atoms with Crippen LogP contribution in [-0.4, -0.2) is 36.5 Å². The van der Waals surface area contributed by atoms with Gasteiger partial charge >= 0.3 is 0 Å². The molecule has 0 aliphatic heterocycles. The van der Waals surface area contributed by atoms with E-state index in [4.69, 9.17) is 0 Å². The van der Waals surface area contributed by atoms with Gasteiger partial charge in [-0.15, -0.1) is 11.3 Å². The quantitative estimate of drug-likeness (QED) is 0.874. The predicted molar refractivity (Wildman–Crippen MR) is 80.4 cm³/mol. The number of aryl methyl sites for hydroxylation is 1. The smallest absolute Gasteiger partial charge is 0.271 e. The molecule has 112 valence electrons. The summed E-state index contributed by atoms with van der Waals surface area (Å²) >= 11 is 1.35. The molecule has 0 aliphatic carbocycles. The molecule has 2 heterocycles. The van der Waals surface area contributed by atoms with Crippen LogP contribution in [0.3, 0.4) is 0 Å². The average molecular weight is 327 g/mol. The van der Waals surface area contributed by atoms with Crippen LogP contribution >= 0.6 is 11.3 Å². The molecule has 2 aromatic heterocycles. The number of amides is 1. The first kappa shape index (κ1) is 15.4. The first-order valence-corrected chi connectivity index (χ1v) is 8.67. The molecule has 0 atom stereocenters. The summed E-state index contributed by atoms with van der Waals surface area (Å²) in [6, 6.07) is 0. The lowest BCUT2D eigenvalue weighted by atomic mass is 10.3. The van der Waals surface area contributed by atoms with Crippen molar-refractivity contribution in [2.75, 3.05) is 12.8 Å². The third-order valence-electron chi connectivity index (χ3n) is 2.49. The average Bonchev–Trinajstić information content (AvgIpc) is 2.75. The number of carbonyl (C=O) groups is 1. The highest BCUT2D eigenvalue weighted by molar-refractivity contribution is 7.93. The van der Waals surface area contributed by atoms with Crippen molar-refractivity contribution in [1.82, 2.24) is 14.7 Å². The Balaban J connectivity index is 2.18. The second-order valence-electron chi connectivity index (χ2n) is 4.38. The van der Waals surface area contributed by atoms with Crippen molar-refractivity contribution < 1.29 is 13.2 Å². The van der Waals surface area contributed by atoms with Gasteiger partial charge in [0.15, 0.2) is 14.8 Å². The minimum atomic E-state index is -3.23. The summed E-state index contributed by atoms with van der Waals surface area (Å²) in [5.41, 5.74) is -0.535. The van der Waals surface area contributed by atoms with Crippen LogP contribution < -0.4 is 10.9 Å². The Morgan fingerprint density at radius 2 is 2.24 bits per heavy atom. The summed E-state index contributed by atoms with van der Waals surface area (Å²) < 4.78 is 23.1. The fraction of sp³-hybridized carbons (Fsp3) is 0.250. The van der Waals surface area contributed by atoms with Gasteiger partial charge in [-0.05, 0) is 6.92 Å². The lowest BCUT2D eigenvalue weighted by Gasteiger charge is -2.01. The number of hydrogen-bond donors (Lipinski definition) is 1. The molecule has 7 nitrogen and oxygen atoms in total. The van der Waals surface area contributed by atoms with Gasteiger partial charge in [0.25, 0.3) is 11.5 Å². The van der Waals surface area contributed by atoms with Crippen molar-refractivity contribution in [2.45, 2.75) is 6.92 Å². The molecule has 0 spiro atoms. The highest BCUT2D eigenvalue weighted by Crippen LogP contribution is 2.12. The Hall–Kier alpha value is -2.00. The summed E-state index contributed by atoms with van der Waals surface area (Å²) in [6.07, 6.45) is 5.19. The Morgan fingerprint density at radius 1 is 1.52 bits per heavy atom. The third-order valence-corrected chi connectivity index (χ3v) is 4.09. The van der Waals surface area contributed by atoms with E-state index in [0.717, 1.165) is 16.5 Å². The molecule has 0 saturated carbocycles. The topological polar surface area (TPSA) is 97.6 Å². The molecular formula is C12H13N3O4S2. The zero-order valence-electron chi connectivity index (χ0n) is 11.4. The van der Waals surface area contributed by atoms with Gasteiger partial charge in [0, 0.05) is 35.5 Å². The molecule has 0 unspecified atom stereocenters. The molecular weight excluding hydrogens is 314 g/mol. The number of fused-ring (bicyclic) bond motifs is 1. The lowest BCUT2D eigenvalue weighted by Crippen LogP contribution is -2.31. The maximum absolute atomic E-state index is 12.1. The largest absolute Gasteiger partial charge is 0.348 e. The van der Waals surface area contributed by atoms with E-state index < -0.39 is 21.3 Å². The normalized spacial score (nSPS) is 12.1. The summed E-state index contributed by atoms with van der Waals surface area (Å²) in [5.74, 6) is -0.594. The summed E-state index contributed by atoms with van der Waals surface area (Å²) in [4.78, 5) is 29.5. The SMILES string of the molecule is Cc1cn2c(=O)c(C(=O)NC/C=C/S(C)(=O)=O)cnc2s1. The van der Waals surface area contributed by atoms with Crippen LogP contribution in [-0.2, 0) is 9.84 Å². The van der Waals surface area contributed by atoms with Crippen molar-refractivity contribution in [2.24, 2.45) is 0 Å². The van der Waals surface area contributed by atoms with Gasteiger partial charge in [0.05, 0.1) is 0 Å². The Kier molecular flexibility index (Phi) is 4.24. The summed E-state index contributed by atoms with van der Waals surface area (Å²) in [5, 5.41) is 3.43. The molecule has 0 radical (unpaired) electrons. The molecule has 1 N–H and O–H groups in total. The molecule has 0 aromatic carbocycles. The van der Waals surface area contributed by atoms with E-state index >= 15 is 0 Å². The van der Waals surface area contributed by atoms with Crippen molar-refractivity contribution in [3.63, 3.8) is 0 Å². The fourth-order valence-corrected chi connectivity index (χ4v) is 2.85. The van der Waals surface area contributed by atoms with Crippen molar-refractivity contribution >= 4 is 32.0 Å². The zero-order valence-corrected chi connectivity index (χ0v) is 13.0. The second-order valence-corrected chi connectivity index (χ2v) is 7.53. The first-order chi connectivity index (χ1) is 9.78. The van der Waals surface area contributed by atoms with Gasteiger partial charge in [-0.2, -0.15) is 0 Å². The number of carbonyl (C=O) groups excluding carboxylic acids is 1. The van der Waals surface area contributed by atoms with Crippen molar-refractivity contribution in [3.05, 3.63) is 44.7 Å². The standard InChI is InChI=1S/C12H13N3O4S2/c1-8-7-15-11(17)9(6-14-12(15)20-8)10(16)13-4-3-5-21(2,18)19/h3,5-7H,4H2,1-2H3,(H,13,16)/b5-3+. The van der Waals surface area contributed by atoms with Crippen LogP contribution in [0.15, 0.2) is 28.7 Å². The molecule has 9 heteroatoms. The fourth-order valence-electron chi connectivity index (χ4n) is 1.62. The van der Waals surface area contributed by atoms with Crippen LogP contribution in [0, 0.1) is 6.92 Å². The van der Waals surface area contributed by atoms with Crippen molar-refractivity contribution in [3.8, 4) is 0 Å². The number of aromatic nitrogens is 2. The highest BCUT2D eigenvalue weighted by atomic mass is 32.2. The van der Waals surface area contributed by atoms with Gasteiger partial charge < -0.3 is 5.32 Å². The van der Waals surface area contributed by atoms with Crippen LogP contribution in [0.25, 0.3) is 4.96 Å². The van der Waals surface area contributed by atoms with E-state index in [1.807, 2.05) is 6.92 Å². The Labute approximate surface area is 124 Å². The maximum Gasteiger partial charge on any atom is 0.271 e. The van der Waals surface area contributed by atoms with E-state index in [-0.39, 0.29) is 12.1 Å². The summed E-state index contributed by atoms with van der Waals surface area (Å²) in [6.45, 7) is 1.85. The van der Waals surface area contributed by atoms with E-state index in [1.165, 1.54) is 28.0 Å². The predicted octanol–water partition coefficient (Wildman–Crippen LogP) is 0.353. The minimum Gasteiger partial charge on any atom is -0.348 e. The van der Waals surface area contributed by atoms with E-state index in [0.29, 0.717) is 4.96 Å². The number of sulfone groups is 1. The molecule has 0 aliphatic rings. The lowest BCUT2D eigenvalue weighted by molar-refractivity contribution is 0.0956. The molecule has 1 amide bonds. The van der Waals surface area contributed by atoms with Crippen molar-refractivity contribution in [1.29, 1.82) is 0 Å². The molecule has 0 fully saturated rings. The van der Waals surface area contributed by atoms with Gasteiger partial charge in [0.1, 0.15) is 5.56 Å². The highest BCUT2D eigenvalue weighted by Gasteiger charge is 2.13. The van der Waals surface area contributed by atoms with Gasteiger partial charge in [-0.3, -0.25) is 14.0 Å². The van der Waals surface area contributed by atoms with Gasteiger partial charge in [-0.25, -0.2) is 13.4 Å². The molecule has 0 saturated heterocycles. The Morgan fingerprint density at radius 3 is 2.90 bits per heavy atom. The monoisotopic (exact) mass is 327 g/mol. The Bertz CT molecular complexity index is 878. The number of rotatable bonds is 4. The van der Waals surface area contributed by atoms with E-state index in [2.05, 4.69) is 10.3 Å². The molecule has 0 bridgehead atoms. The van der Waals surface area contributed by atoms with Crippen LogP contribution in [0.4, 0.5) is 0 Å². The minimum absolute atomic E-state index is 0.0106. The molecule has 21 heavy (non-hydrogen) atoms. The van der Waals surface area contributed by atoms with Crippen LogP contribution in [0.2, 0.25) is 0 Å². The van der Waals surface area contributed by atoms with Crippen LogP contribution in [0.1, 0.15) is 15.2 Å².